The first kappa shape index (κ1) is 18.3. The van der Waals surface area contributed by atoms with Crippen molar-refractivity contribution in [2.45, 2.75) is 6.54 Å². The number of rotatable bonds is 5. The highest BCUT2D eigenvalue weighted by Gasteiger charge is 2.14. The number of halogens is 2. The summed E-state index contributed by atoms with van der Waals surface area (Å²) in [4.78, 5) is 17.0. The van der Waals surface area contributed by atoms with Crippen LogP contribution >= 0.6 is 23.2 Å². The van der Waals surface area contributed by atoms with Crippen LogP contribution in [0.5, 0.6) is 5.75 Å². The summed E-state index contributed by atoms with van der Waals surface area (Å²) in [6.07, 6.45) is 7.18. The second-order valence-electron chi connectivity index (χ2n) is 6.05. The first-order valence-corrected chi connectivity index (χ1v) is 9.08. The maximum absolute atomic E-state index is 12.5. The van der Waals surface area contributed by atoms with Gasteiger partial charge in [0.15, 0.2) is 5.75 Å². The van der Waals surface area contributed by atoms with Crippen molar-refractivity contribution in [2.75, 3.05) is 12.4 Å². The fourth-order valence-electron chi connectivity index (χ4n) is 2.83. The monoisotopic (exact) mass is 415 g/mol. The van der Waals surface area contributed by atoms with Crippen molar-refractivity contribution < 1.29 is 9.53 Å². The normalized spacial score (nSPS) is 11.0. The SMILES string of the molecule is COc1c(Cl)cc(C(=O)Nc2cnn(Cc3cn4ccccc4n3)c2)cc1Cl. The lowest BCUT2D eigenvalue weighted by molar-refractivity contribution is 0.102. The molecule has 0 fully saturated rings. The van der Waals surface area contributed by atoms with Gasteiger partial charge >= 0.3 is 0 Å². The van der Waals surface area contributed by atoms with E-state index in [2.05, 4.69) is 15.4 Å². The third-order valence-corrected chi connectivity index (χ3v) is 4.66. The molecule has 0 atom stereocenters. The molecular weight excluding hydrogens is 401 g/mol. The molecule has 9 heteroatoms. The van der Waals surface area contributed by atoms with Gasteiger partial charge in [-0.25, -0.2) is 4.98 Å². The Kier molecular flexibility index (Phi) is 4.93. The number of ether oxygens (including phenoxy) is 1. The van der Waals surface area contributed by atoms with Crippen molar-refractivity contribution in [1.82, 2.24) is 19.2 Å². The number of carbonyl (C=O) groups is 1. The molecule has 0 radical (unpaired) electrons. The zero-order valence-corrected chi connectivity index (χ0v) is 16.3. The number of hydrogen-bond donors (Lipinski definition) is 1. The fourth-order valence-corrected chi connectivity index (χ4v) is 3.47. The van der Waals surface area contributed by atoms with E-state index in [-0.39, 0.29) is 16.0 Å². The molecule has 28 heavy (non-hydrogen) atoms. The zero-order valence-electron chi connectivity index (χ0n) is 14.8. The van der Waals surface area contributed by atoms with E-state index in [4.69, 9.17) is 27.9 Å². The average molecular weight is 416 g/mol. The number of pyridine rings is 1. The van der Waals surface area contributed by atoms with Crippen LogP contribution in [-0.4, -0.2) is 32.2 Å². The molecule has 1 aromatic carbocycles. The van der Waals surface area contributed by atoms with Crippen LogP contribution in [0.2, 0.25) is 10.0 Å². The van der Waals surface area contributed by atoms with E-state index in [0.717, 1.165) is 11.3 Å². The summed E-state index contributed by atoms with van der Waals surface area (Å²) in [5.74, 6) is -0.0149. The van der Waals surface area contributed by atoms with Crippen molar-refractivity contribution >= 4 is 40.4 Å². The molecule has 4 rings (SSSR count). The highest BCUT2D eigenvalue weighted by molar-refractivity contribution is 6.37. The fraction of sp³-hybridized carbons (Fsp3) is 0.105. The number of nitrogens with zero attached hydrogens (tertiary/aromatic N) is 4. The molecule has 0 aliphatic rings. The lowest BCUT2D eigenvalue weighted by atomic mass is 10.2. The summed E-state index contributed by atoms with van der Waals surface area (Å²) in [5, 5.41) is 7.58. The van der Waals surface area contributed by atoms with Gasteiger partial charge in [-0.2, -0.15) is 5.10 Å². The van der Waals surface area contributed by atoms with E-state index in [1.165, 1.54) is 19.2 Å². The Labute approximate surface area is 170 Å². The van der Waals surface area contributed by atoms with Gasteiger partial charge < -0.3 is 14.5 Å². The number of fused-ring (bicyclic) bond motifs is 1. The van der Waals surface area contributed by atoms with E-state index < -0.39 is 0 Å². The molecule has 1 amide bonds. The van der Waals surface area contributed by atoms with Gasteiger partial charge in [-0.15, -0.1) is 0 Å². The van der Waals surface area contributed by atoms with E-state index in [0.29, 0.717) is 23.5 Å². The molecule has 7 nitrogen and oxygen atoms in total. The van der Waals surface area contributed by atoms with E-state index in [1.807, 2.05) is 35.0 Å². The number of imidazole rings is 1. The quantitative estimate of drug-likeness (QED) is 0.531. The zero-order chi connectivity index (χ0) is 19.7. The van der Waals surface area contributed by atoms with E-state index >= 15 is 0 Å². The maximum atomic E-state index is 12.5. The van der Waals surface area contributed by atoms with Gasteiger partial charge in [-0.05, 0) is 24.3 Å². The largest absolute Gasteiger partial charge is 0.494 e. The Balaban J connectivity index is 1.48. The Bertz CT molecular complexity index is 1110. The minimum Gasteiger partial charge on any atom is -0.494 e. The van der Waals surface area contributed by atoms with Gasteiger partial charge in [0.1, 0.15) is 5.65 Å². The molecule has 1 N–H and O–H groups in total. The van der Waals surface area contributed by atoms with Crippen molar-refractivity contribution in [3.05, 3.63) is 76.4 Å². The molecule has 0 unspecified atom stereocenters. The number of amides is 1. The number of nitrogens with one attached hydrogen (secondary N) is 1. The minimum atomic E-state index is -0.348. The topological polar surface area (TPSA) is 73.5 Å². The van der Waals surface area contributed by atoms with Crippen molar-refractivity contribution in [3.8, 4) is 5.75 Å². The number of aromatic nitrogens is 4. The van der Waals surface area contributed by atoms with Crippen LogP contribution in [0, 0.1) is 0 Å². The molecule has 0 aliphatic heterocycles. The van der Waals surface area contributed by atoms with Gasteiger partial charge in [0, 0.05) is 24.2 Å². The van der Waals surface area contributed by atoms with Gasteiger partial charge in [0.2, 0.25) is 0 Å². The molecule has 0 spiro atoms. The molecule has 0 saturated carbocycles. The first-order valence-electron chi connectivity index (χ1n) is 8.33. The summed E-state index contributed by atoms with van der Waals surface area (Å²) >= 11 is 12.2. The number of benzene rings is 1. The number of anilines is 1. The number of methoxy groups -OCH3 is 1. The molecule has 3 aromatic heterocycles. The van der Waals surface area contributed by atoms with Crippen LogP contribution < -0.4 is 10.1 Å². The van der Waals surface area contributed by atoms with Crippen LogP contribution in [0.15, 0.2) is 55.1 Å². The number of hydrogen-bond acceptors (Lipinski definition) is 4. The first-order chi connectivity index (χ1) is 13.5. The summed E-state index contributed by atoms with van der Waals surface area (Å²) in [7, 11) is 1.46. The van der Waals surface area contributed by atoms with Crippen molar-refractivity contribution in [1.29, 1.82) is 0 Å². The van der Waals surface area contributed by atoms with E-state index in [9.17, 15) is 4.79 Å². The van der Waals surface area contributed by atoms with Gasteiger partial charge in [0.25, 0.3) is 5.91 Å². The molecule has 3 heterocycles. The van der Waals surface area contributed by atoms with Gasteiger partial charge in [-0.1, -0.05) is 29.3 Å². The predicted octanol–water partition coefficient (Wildman–Crippen LogP) is 4.15. The lowest BCUT2D eigenvalue weighted by Crippen LogP contribution is -2.11. The summed E-state index contributed by atoms with van der Waals surface area (Å²) in [5.41, 5.74) is 2.60. The standard InChI is InChI=1S/C19H15Cl2N5O2/c1-28-18-15(20)6-12(7-16(18)21)19(27)24-13-8-22-26(10-13)11-14-9-25-5-3-2-4-17(25)23-14/h2-10H,11H2,1H3,(H,24,27). The number of carbonyl (C=O) groups excluding carboxylic acids is 1. The van der Waals surface area contributed by atoms with Crippen molar-refractivity contribution in [2.24, 2.45) is 0 Å². The summed E-state index contributed by atoms with van der Waals surface area (Å²) in [6.45, 7) is 0.484. The van der Waals surface area contributed by atoms with Gasteiger partial charge in [0.05, 0.1) is 41.3 Å². The lowest BCUT2D eigenvalue weighted by Gasteiger charge is -2.08. The third kappa shape index (κ3) is 3.67. The molecule has 0 aliphatic carbocycles. The average Bonchev–Trinajstić information content (AvgIpc) is 3.27. The predicted molar refractivity (Wildman–Crippen MR) is 107 cm³/mol. The molecule has 0 bridgehead atoms. The Morgan fingerprint density at radius 3 is 2.71 bits per heavy atom. The van der Waals surface area contributed by atoms with Crippen LogP contribution in [0.1, 0.15) is 16.1 Å². The second-order valence-corrected chi connectivity index (χ2v) is 6.87. The minimum absolute atomic E-state index is 0.266. The van der Waals surface area contributed by atoms with Crippen LogP contribution in [0.3, 0.4) is 0 Å². The second kappa shape index (κ2) is 7.53. The third-order valence-electron chi connectivity index (χ3n) is 4.09. The molecule has 142 valence electrons. The highest BCUT2D eigenvalue weighted by atomic mass is 35.5. The van der Waals surface area contributed by atoms with Crippen LogP contribution in [0.4, 0.5) is 5.69 Å². The summed E-state index contributed by atoms with van der Waals surface area (Å²) < 4.78 is 8.74. The molecule has 4 aromatic rings. The Hall–Kier alpha value is -3.03. The smallest absolute Gasteiger partial charge is 0.255 e. The van der Waals surface area contributed by atoms with Crippen LogP contribution in [-0.2, 0) is 6.54 Å². The summed E-state index contributed by atoms with van der Waals surface area (Å²) in [6, 6.07) is 8.82. The Morgan fingerprint density at radius 2 is 2.00 bits per heavy atom. The van der Waals surface area contributed by atoms with E-state index in [1.54, 1.807) is 17.1 Å². The van der Waals surface area contributed by atoms with Crippen LogP contribution in [0.25, 0.3) is 5.65 Å². The maximum Gasteiger partial charge on any atom is 0.255 e. The Morgan fingerprint density at radius 1 is 1.21 bits per heavy atom. The van der Waals surface area contributed by atoms with Gasteiger partial charge in [-0.3, -0.25) is 9.48 Å². The molecule has 0 saturated heterocycles. The van der Waals surface area contributed by atoms with Crippen molar-refractivity contribution in [3.63, 3.8) is 0 Å². The molecular formula is C19H15Cl2N5O2. The highest BCUT2D eigenvalue weighted by Crippen LogP contribution is 2.34.